The summed E-state index contributed by atoms with van der Waals surface area (Å²) in [5.74, 6) is 2.12. The topological polar surface area (TPSA) is 76.7 Å². The van der Waals surface area contributed by atoms with Crippen LogP contribution in [-0.2, 0) is 6.42 Å². The highest BCUT2D eigenvalue weighted by molar-refractivity contribution is 7.09. The number of aryl methyl sites for hydroxylation is 1. The van der Waals surface area contributed by atoms with Crippen molar-refractivity contribution in [3.05, 3.63) is 28.0 Å². The summed E-state index contributed by atoms with van der Waals surface area (Å²) in [6.45, 7) is 6.08. The van der Waals surface area contributed by atoms with Gasteiger partial charge in [0.1, 0.15) is 22.5 Å². The van der Waals surface area contributed by atoms with Crippen molar-refractivity contribution >= 4 is 23.0 Å². The molecular weight excluding hydrogens is 258 g/mol. The Morgan fingerprint density at radius 1 is 1.37 bits per heavy atom. The fourth-order valence-corrected chi connectivity index (χ4v) is 2.56. The summed E-state index contributed by atoms with van der Waals surface area (Å²) in [4.78, 5) is 13.1. The quantitative estimate of drug-likeness (QED) is 0.878. The van der Waals surface area contributed by atoms with Gasteiger partial charge >= 0.3 is 0 Å². The number of nitrogens with zero attached hydrogens (tertiary/aromatic N) is 3. The van der Waals surface area contributed by atoms with Crippen LogP contribution in [-0.4, -0.2) is 15.0 Å². The first-order valence-corrected chi connectivity index (χ1v) is 7.32. The Labute approximate surface area is 117 Å². The normalized spacial score (nSPS) is 12.4. The minimum Gasteiger partial charge on any atom is -0.383 e. The number of aromatic nitrogens is 3. The number of thiazole rings is 1. The van der Waals surface area contributed by atoms with Gasteiger partial charge in [0.25, 0.3) is 0 Å². The molecule has 2 aromatic rings. The number of nitrogen functional groups attached to an aromatic ring is 1. The zero-order valence-corrected chi connectivity index (χ0v) is 12.3. The molecule has 0 spiro atoms. The second-order valence-corrected chi connectivity index (χ2v) is 5.25. The number of hydrogen-bond acceptors (Lipinski definition) is 6. The molecule has 0 fully saturated rings. The lowest BCUT2D eigenvalue weighted by Gasteiger charge is -2.18. The van der Waals surface area contributed by atoms with Crippen LogP contribution in [0.5, 0.6) is 0 Å². The smallest absolute Gasteiger partial charge is 0.135 e. The number of hydrogen-bond donors (Lipinski definition) is 2. The second kappa shape index (κ2) is 5.97. The summed E-state index contributed by atoms with van der Waals surface area (Å²) in [7, 11) is 0. The average molecular weight is 277 g/mol. The van der Waals surface area contributed by atoms with Crippen molar-refractivity contribution in [3.8, 4) is 0 Å². The zero-order chi connectivity index (χ0) is 13.8. The van der Waals surface area contributed by atoms with Crippen LogP contribution in [0.2, 0.25) is 0 Å². The first kappa shape index (κ1) is 13.7. The van der Waals surface area contributed by atoms with E-state index in [4.69, 9.17) is 5.73 Å². The van der Waals surface area contributed by atoms with E-state index in [1.165, 1.54) is 0 Å². The Bertz CT molecular complexity index is 538. The van der Waals surface area contributed by atoms with E-state index in [9.17, 15) is 0 Å². The third-order valence-corrected chi connectivity index (χ3v) is 3.90. The maximum Gasteiger partial charge on any atom is 0.135 e. The van der Waals surface area contributed by atoms with Crippen LogP contribution < -0.4 is 11.1 Å². The molecule has 0 aliphatic carbocycles. The molecular formula is C13H19N5S. The Balaban J connectivity index is 2.29. The van der Waals surface area contributed by atoms with Crippen LogP contribution >= 0.6 is 11.3 Å². The molecule has 0 aliphatic rings. The van der Waals surface area contributed by atoms with E-state index in [0.717, 1.165) is 35.1 Å². The van der Waals surface area contributed by atoms with Crippen molar-refractivity contribution < 1.29 is 0 Å². The standard InChI is InChI=1S/C13H19N5S/c1-4-9(13-15-6-7-19-13)16-12-8(3)11(14)17-10(5-2)18-12/h6-7,9H,4-5H2,1-3H3,(H3,14,16,17,18). The summed E-state index contributed by atoms with van der Waals surface area (Å²) in [6, 6.07) is 0.165. The number of nitrogens with one attached hydrogen (secondary N) is 1. The van der Waals surface area contributed by atoms with Gasteiger partial charge in [-0.25, -0.2) is 15.0 Å². The van der Waals surface area contributed by atoms with Crippen molar-refractivity contribution in [2.24, 2.45) is 0 Å². The average Bonchev–Trinajstić information content (AvgIpc) is 2.94. The molecule has 0 saturated carbocycles. The Hall–Kier alpha value is -1.69. The number of rotatable bonds is 5. The maximum absolute atomic E-state index is 5.93. The molecule has 3 N–H and O–H groups in total. The van der Waals surface area contributed by atoms with Crippen molar-refractivity contribution in [2.45, 2.75) is 39.7 Å². The fraction of sp³-hybridized carbons (Fsp3) is 0.462. The molecule has 1 unspecified atom stereocenters. The number of nitrogens with two attached hydrogens (primary N) is 1. The van der Waals surface area contributed by atoms with Gasteiger partial charge < -0.3 is 11.1 Å². The lowest BCUT2D eigenvalue weighted by atomic mass is 10.2. The Kier molecular flexibility index (Phi) is 4.31. The van der Waals surface area contributed by atoms with E-state index < -0.39 is 0 Å². The molecule has 0 aromatic carbocycles. The Morgan fingerprint density at radius 2 is 2.16 bits per heavy atom. The third-order valence-electron chi connectivity index (χ3n) is 3.01. The van der Waals surface area contributed by atoms with Crippen LogP contribution in [0.4, 0.5) is 11.6 Å². The van der Waals surface area contributed by atoms with Gasteiger partial charge in [-0.15, -0.1) is 11.3 Å². The van der Waals surface area contributed by atoms with Crippen LogP contribution in [0.1, 0.15) is 42.7 Å². The van der Waals surface area contributed by atoms with Gasteiger partial charge in [-0.2, -0.15) is 0 Å². The lowest BCUT2D eigenvalue weighted by molar-refractivity contribution is 0.733. The highest BCUT2D eigenvalue weighted by atomic mass is 32.1. The van der Waals surface area contributed by atoms with Crippen LogP contribution in [0, 0.1) is 6.92 Å². The first-order chi connectivity index (χ1) is 9.15. The number of anilines is 2. The van der Waals surface area contributed by atoms with Crippen LogP contribution in [0.15, 0.2) is 11.6 Å². The van der Waals surface area contributed by atoms with Crippen molar-refractivity contribution in [1.29, 1.82) is 0 Å². The summed E-state index contributed by atoms with van der Waals surface area (Å²) < 4.78 is 0. The van der Waals surface area contributed by atoms with Gasteiger partial charge in [0.2, 0.25) is 0 Å². The molecule has 2 aromatic heterocycles. The summed E-state index contributed by atoms with van der Waals surface area (Å²) in [5, 5.41) is 6.48. The molecule has 0 amide bonds. The third kappa shape index (κ3) is 3.01. The van der Waals surface area contributed by atoms with E-state index in [2.05, 4.69) is 27.2 Å². The van der Waals surface area contributed by atoms with Crippen LogP contribution in [0.25, 0.3) is 0 Å². The van der Waals surface area contributed by atoms with E-state index in [0.29, 0.717) is 5.82 Å². The van der Waals surface area contributed by atoms with E-state index in [1.54, 1.807) is 11.3 Å². The maximum atomic E-state index is 5.93. The molecule has 19 heavy (non-hydrogen) atoms. The molecule has 1 atom stereocenters. The molecule has 0 radical (unpaired) electrons. The van der Waals surface area contributed by atoms with Gasteiger partial charge in [0.15, 0.2) is 0 Å². The zero-order valence-electron chi connectivity index (χ0n) is 11.5. The predicted molar refractivity (Wildman–Crippen MR) is 79.3 cm³/mol. The monoisotopic (exact) mass is 277 g/mol. The van der Waals surface area contributed by atoms with Crippen LogP contribution in [0.3, 0.4) is 0 Å². The Morgan fingerprint density at radius 3 is 2.74 bits per heavy atom. The van der Waals surface area contributed by atoms with Gasteiger partial charge in [-0.1, -0.05) is 13.8 Å². The van der Waals surface area contributed by atoms with Crippen molar-refractivity contribution in [2.75, 3.05) is 11.1 Å². The summed E-state index contributed by atoms with van der Waals surface area (Å²) in [6.07, 6.45) is 3.54. The summed E-state index contributed by atoms with van der Waals surface area (Å²) >= 11 is 1.65. The second-order valence-electron chi connectivity index (χ2n) is 4.33. The van der Waals surface area contributed by atoms with Crippen molar-refractivity contribution in [3.63, 3.8) is 0 Å². The van der Waals surface area contributed by atoms with Gasteiger partial charge in [-0.05, 0) is 13.3 Å². The first-order valence-electron chi connectivity index (χ1n) is 6.44. The molecule has 0 saturated heterocycles. The highest BCUT2D eigenvalue weighted by Gasteiger charge is 2.15. The largest absolute Gasteiger partial charge is 0.383 e. The van der Waals surface area contributed by atoms with Gasteiger partial charge in [0.05, 0.1) is 6.04 Å². The lowest BCUT2D eigenvalue weighted by Crippen LogP contribution is -2.14. The molecule has 0 bridgehead atoms. The van der Waals surface area contributed by atoms with Crippen molar-refractivity contribution in [1.82, 2.24) is 15.0 Å². The predicted octanol–water partition coefficient (Wildman–Crippen LogP) is 2.95. The van der Waals surface area contributed by atoms with Gasteiger partial charge in [0, 0.05) is 23.6 Å². The van der Waals surface area contributed by atoms with E-state index >= 15 is 0 Å². The van der Waals surface area contributed by atoms with Gasteiger partial charge in [-0.3, -0.25) is 0 Å². The minimum atomic E-state index is 0.165. The molecule has 6 heteroatoms. The SMILES string of the molecule is CCc1nc(N)c(C)c(NC(CC)c2nccs2)n1. The molecule has 0 aliphatic heterocycles. The van der Waals surface area contributed by atoms with E-state index in [1.807, 2.05) is 25.4 Å². The highest BCUT2D eigenvalue weighted by Crippen LogP contribution is 2.26. The fourth-order valence-electron chi connectivity index (χ4n) is 1.79. The molecule has 2 heterocycles. The molecule has 5 nitrogen and oxygen atoms in total. The summed E-state index contributed by atoms with van der Waals surface area (Å²) in [5.41, 5.74) is 6.82. The van der Waals surface area contributed by atoms with E-state index in [-0.39, 0.29) is 6.04 Å². The molecule has 102 valence electrons. The molecule has 2 rings (SSSR count). The minimum absolute atomic E-state index is 0.165.